The molecule has 21 heavy (non-hydrogen) atoms. The van der Waals surface area contributed by atoms with E-state index in [0.717, 1.165) is 22.5 Å². The van der Waals surface area contributed by atoms with Gasteiger partial charge in [-0.05, 0) is 36.4 Å². The van der Waals surface area contributed by atoms with Gasteiger partial charge in [0.2, 0.25) is 0 Å². The number of imidazole rings is 1. The number of nitrogens with one attached hydrogen (secondary N) is 1. The molecule has 0 aliphatic carbocycles. The number of fused-ring (bicyclic) bond motifs is 2. The summed E-state index contributed by atoms with van der Waals surface area (Å²) < 4.78 is 26.9. The molecule has 0 saturated carbocycles. The van der Waals surface area contributed by atoms with Crippen LogP contribution in [0.4, 0.5) is 8.78 Å². The monoisotopic (exact) mass is 281 g/mol. The number of aromatic amines is 1. The minimum absolute atomic E-state index is 0.0104. The largest absolute Gasteiger partial charge is 0.338 e. The fraction of sp³-hybridized carbons (Fsp3) is 0. The molecule has 0 atom stereocenters. The molecule has 0 amide bonds. The summed E-state index contributed by atoms with van der Waals surface area (Å²) in [6.07, 6.45) is 1.72. The fourth-order valence-corrected chi connectivity index (χ4v) is 2.38. The normalized spacial score (nSPS) is 11.3. The van der Waals surface area contributed by atoms with Crippen LogP contribution in [0.1, 0.15) is 0 Å². The van der Waals surface area contributed by atoms with Crippen molar-refractivity contribution < 1.29 is 8.78 Å². The smallest absolute Gasteiger partial charge is 0.186 e. The van der Waals surface area contributed by atoms with Gasteiger partial charge in [-0.3, -0.25) is 4.98 Å². The fourth-order valence-electron chi connectivity index (χ4n) is 2.38. The molecule has 0 saturated heterocycles. The molecule has 1 N–H and O–H groups in total. The van der Waals surface area contributed by atoms with Crippen molar-refractivity contribution in [3.63, 3.8) is 0 Å². The highest BCUT2D eigenvalue weighted by molar-refractivity contribution is 5.85. The zero-order valence-corrected chi connectivity index (χ0v) is 10.8. The lowest BCUT2D eigenvalue weighted by atomic mass is 10.1. The quantitative estimate of drug-likeness (QED) is 0.571. The Hall–Kier alpha value is -2.82. The second-order valence-electron chi connectivity index (χ2n) is 4.75. The first-order chi connectivity index (χ1) is 10.2. The minimum atomic E-state index is -0.933. The maximum atomic E-state index is 13.7. The van der Waals surface area contributed by atoms with E-state index in [1.54, 1.807) is 6.20 Å². The van der Waals surface area contributed by atoms with Crippen molar-refractivity contribution in [2.45, 2.75) is 0 Å². The molecule has 3 nitrogen and oxygen atoms in total. The second kappa shape index (κ2) is 4.34. The number of aromatic nitrogens is 3. The number of hydrogen-bond acceptors (Lipinski definition) is 2. The van der Waals surface area contributed by atoms with E-state index in [-0.39, 0.29) is 5.52 Å². The van der Waals surface area contributed by atoms with Gasteiger partial charge in [-0.1, -0.05) is 6.07 Å². The standard InChI is InChI=1S/C16H9F2N3/c17-11-4-6-13-15(14(11)18)21-16(20-13)10-3-5-12-9(8-10)2-1-7-19-12/h1-8H,(H,20,21). The lowest BCUT2D eigenvalue weighted by Gasteiger charge is -1.99. The maximum absolute atomic E-state index is 13.7. The number of H-pyrrole nitrogens is 1. The first-order valence-electron chi connectivity index (χ1n) is 6.41. The molecule has 0 aliphatic heterocycles. The van der Waals surface area contributed by atoms with Crippen molar-refractivity contribution in [3.8, 4) is 11.4 Å². The summed E-state index contributed by atoms with van der Waals surface area (Å²) >= 11 is 0. The van der Waals surface area contributed by atoms with Crippen LogP contribution in [0.5, 0.6) is 0 Å². The van der Waals surface area contributed by atoms with Crippen LogP contribution in [0.3, 0.4) is 0 Å². The SMILES string of the molecule is Fc1ccc2[nH]c(-c3ccc4ncccc4c3)nc2c1F. The second-order valence-corrected chi connectivity index (χ2v) is 4.75. The Morgan fingerprint density at radius 3 is 2.81 bits per heavy atom. The highest BCUT2D eigenvalue weighted by Crippen LogP contribution is 2.25. The van der Waals surface area contributed by atoms with E-state index in [9.17, 15) is 8.78 Å². The van der Waals surface area contributed by atoms with Crippen LogP contribution >= 0.6 is 0 Å². The number of hydrogen-bond donors (Lipinski definition) is 1. The van der Waals surface area contributed by atoms with Crippen molar-refractivity contribution >= 4 is 21.9 Å². The first kappa shape index (κ1) is 12.0. The van der Waals surface area contributed by atoms with E-state index in [0.29, 0.717) is 11.3 Å². The Morgan fingerprint density at radius 2 is 1.90 bits per heavy atom. The highest BCUT2D eigenvalue weighted by Gasteiger charge is 2.13. The van der Waals surface area contributed by atoms with E-state index in [2.05, 4.69) is 15.0 Å². The molecule has 2 aromatic carbocycles. The number of nitrogens with zero attached hydrogens (tertiary/aromatic N) is 2. The third-order valence-electron chi connectivity index (χ3n) is 3.42. The van der Waals surface area contributed by atoms with Crippen LogP contribution in [-0.4, -0.2) is 15.0 Å². The van der Waals surface area contributed by atoms with E-state index < -0.39 is 11.6 Å². The molecule has 0 unspecified atom stereocenters. The van der Waals surface area contributed by atoms with E-state index >= 15 is 0 Å². The molecule has 0 bridgehead atoms. The molecule has 5 heteroatoms. The Labute approximate surface area is 118 Å². The Balaban J connectivity index is 1.93. The van der Waals surface area contributed by atoms with Gasteiger partial charge in [0.15, 0.2) is 11.6 Å². The minimum Gasteiger partial charge on any atom is -0.338 e. The third kappa shape index (κ3) is 1.86. The number of halogens is 2. The molecule has 102 valence electrons. The lowest BCUT2D eigenvalue weighted by molar-refractivity contribution is 0.515. The summed E-state index contributed by atoms with van der Waals surface area (Å²) in [6, 6.07) is 12.0. The van der Waals surface area contributed by atoms with Gasteiger partial charge in [-0.25, -0.2) is 13.8 Å². The molecule has 2 aromatic heterocycles. The molecule has 0 spiro atoms. The van der Waals surface area contributed by atoms with E-state index in [1.165, 1.54) is 6.07 Å². The van der Waals surface area contributed by atoms with Gasteiger partial charge in [0.1, 0.15) is 11.3 Å². The molecular weight excluding hydrogens is 272 g/mol. The molecule has 4 aromatic rings. The summed E-state index contributed by atoms with van der Waals surface area (Å²) in [5.41, 5.74) is 2.15. The molecule has 0 radical (unpaired) electrons. The Kier molecular flexibility index (Phi) is 2.47. The third-order valence-corrected chi connectivity index (χ3v) is 3.42. The van der Waals surface area contributed by atoms with Crippen LogP contribution < -0.4 is 0 Å². The molecular formula is C16H9F2N3. The maximum Gasteiger partial charge on any atom is 0.186 e. The van der Waals surface area contributed by atoms with Crippen molar-refractivity contribution in [2.24, 2.45) is 0 Å². The summed E-state index contributed by atoms with van der Waals surface area (Å²) in [4.78, 5) is 11.4. The van der Waals surface area contributed by atoms with Crippen LogP contribution in [0.25, 0.3) is 33.3 Å². The zero-order chi connectivity index (χ0) is 14.4. The van der Waals surface area contributed by atoms with Crippen LogP contribution in [0.15, 0.2) is 48.7 Å². The van der Waals surface area contributed by atoms with Crippen LogP contribution in [0, 0.1) is 11.6 Å². The number of pyridine rings is 1. The summed E-state index contributed by atoms with van der Waals surface area (Å²) in [6.45, 7) is 0. The van der Waals surface area contributed by atoms with Gasteiger partial charge in [0, 0.05) is 17.1 Å². The van der Waals surface area contributed by atoms with Gasteiger partial charge in [-0.2, -0.15) is 0 Å². The van der Waals surface area contributed by atoms with Crippen LogP contribution in [-0.2, 0) is 0 Å². The summed E-state index contributed by atoms with van der Waals surface area (Å²) in [7, 11) is 0. The van der Waals surface area contributed by atoms with Crippen LogP contribution in [0.2, 0.25) is 0 Å². The number of benzene rings is 2. The Morgan fingerprint density at radius 1 is 1.00 bits per heavy atom. The summed E-state index contributed by atoms with van der Waals surface area (Å²) in [5, 5.41) is 0.960. The highest BCUT2D eigenvalue weighted by atomic mass is 19.2. The van der Waals surface area contributed by atoms with Crippen molar-refractivity contribution in [3.05, 3.63) is 60.3 Å². The average Bonchev–Trinajstić information content (AvgIpc) is 2.95. The van der Waals surface area contributed by atoms with E-state index in [1.807, 2.05) is 30.3 Å². The van der Waals surface area contributed by atoms with Gasteiger partial charge in [-0.15, -0.1) is 0 Å². The molecule has 4 rings (SSSR count). The molecule has 2 heterocycles. The van der Waals surface area contributed by atoms with Gasteiger partial charge in [0.25, 0.3) is 0 Å². The summed E-state index contributed by atoms with van der Waals surface area (Å²) in [5.74, 6) is -1.33. The zero-order valence-electron chi connectivity index (χ0n) is 10.8. The van der Waals surface area contributed by atoms with Gasteiger partial charge >= 0.3 is 0 Å². The van der Waals surface area contributed by atoms with Gasteiger partial charge in [0.05, 0.1) is 11.0 Å². The van der Waals surface area contributed by atoms with Gasteiger partial charge < -0.3 is 4.98 Å². The lowest BCUT2D eigenvalue weighted by Crippen LogP contribution is -1.84. The predicted molar refractivity (Wildman–Crippen MR) is 76.7 cm³/mol. The van der Waals surface area contributed by atoms with Crippen molar-refractivity contribution in [1.82, 2.24) is 15.0 Å². The first-order valence-corrected chi connectivity index (χ1v) is 6.41. The average molecular weight is 281 g/mol. The topological polar surface area (TPSA) is 41.6 Å². The van der Waals surface area contributed by atoms with E-state index in [4.69, 9.17) is 0 Å². The number of rotatable bonds is 1. The molecule has 0 aliphatic rings. The predicted octanol–water partition coefficient (Wildman–Crippen LogP) is 4.06. The van der Waals surface area contributed by atoms with Crippen molar-refractivity contribution in [2.75, 3.05) is 0 Å². The Bertz CT molecular complexity index is 976. The van der Waals surface area contributed by atoms with Crippen molar-refractivity contribution in [1.29, 1.82) is 0 Å². The molecule has 0 fully saturated rings.